The Labute approximate surface area is 189 Å². The summed E-state index contributed by atoms with van der Waals surface area (Å²) in [6, 6.07) is 8.23. The van der Waals surface area contributed by atoms with Crippen molar-refractivity contribution in [2.75, 3.05) is 5.32 Å². The standard InChI is InChI=1S/C24H22FN7O/c1-14-10-17(25)16(11-20(14)31-12-19(26-13-31)15-7-8-15)24(33)28-21-5-2-4-18(27-21)23-30-29-22-6-3-9-32(22)23/h2,4-5,10-13,15H,3,6-9H2,1H3,(H,27,28,33). The van der Waals surface area contributed by atoms with E-state index in [1.807, 2.05) is 28.3 Å². The second-order valence-electron chi connectivity index (χ2n) is 8.66. The van der Waals surface area contributed by atoms with Crippen LogP contribution in [0.15, 0.2) is 42.9 Å². The molecule has 166 valence electrons. The largest absolute Gasteiger partial charge is 0.310 e. The lowest BCUT2D eigenvalue weighted by atomic mass is 10.1. The molecule has 1 aliphatic heterocycles. The van der Waals surface area contributed by atoms with Crippen LogP contribution in [0.1, 0.15) is 52.6 Å². The van der Waals surface area contributed by atoms with Gasteiger partial charge in [-0.05, 0) is 56.0 Å². The number of halogens is 1. The summed E-state index contributed by atoms with van der Waals surface area (Å²) in [6.45, 7) is 2.67. The highest BCUT2D eigenvalue weighted by atomic mass is 19.1. The predicted octanol–water partition coefficient (Wildman–Crippen LogP) is 4.05. The van der Waals surface area contributed by atoms with Gasteiger partial charge in [-0.2, -0.15) is 0 Å². The molecule has 0 spiro atoms. The molecule has 8 nitrogen and oxygen atoms in total. The van der Waals surface area contributed by atoms with Crippen LogP contribution in [0.3, 0.4) is 0 Å². The molecule has 6 rings (SSSR count). The van der Waals surface area contributed by atoms with Crippen LogP contribution in [0.4, 0.5) is 10.2 Å². The average Bonchev–Trinajstić information content (AvgIpc) is 3.18. The fourth-order valence-corrected chi connectivity index (χ4v) is 4.33. The van der Waals surface area contributed by atoms with E-state index in [4.69, 9.17) is 0 Å². The van der Waals surface area contributed by atoms with Gasteiger partial charge in [-0.15, -0.1) is 10.2 Å². The van der Waals surface area contributed by atoms with Crippen molar-refractivity contribution in [2.45, 2.75) is 45.1 Å². The number of pyridine rings is 1. The fourth-order valence-electron chi connectivity index (χ4n) is 4.33. The molecule has 1 amide bonds. The molecule has 9 heteroatoms. The number of anilines is 1. The third kappa shape index (κ3) is 3.59. The molecule has 0 saturated heterocycles. The number of hydrogen-bond donors (Lipinski definition) is 1. The van der Waals surface area contributed by atoms with Crippen molar-refractivity contribution in [2.24, 2.45) is 0 Å². The molecule has 4 heterocycles. The van der Waals surface area contributed by atoms with Gasteiger partial charge in [0.15, 0.2) is 5.82 Å². The lowest BCUT2D eigenvalue weighted by molar-refractivity contribution is 0.102. The number of imidazole rings is 1. The summed E-state index contributed by atoms with van der Waals surface area (Å²) < 4.78 is 18.7. The van der Waals surface area contributed by atoms with Crippen molar-refractivity contribution in [1.82, 2.24) is 29.3 Å². The minimum atomic E-state index is -0.581. The van der Waals surface area contributed by atoms with Gasteiger partial charge >= 0.3 is 0 Å². The van der Waals surface area contributed by atoms with Crippen LogP contribution < -0.4 is 5.32 Å². The number of benzene rings is 1. The first-order valence-electron chi connectivity index (χ1n) is 11.1. The summed E-state index contributed by atoms with van der Waals surface area (Å²) in [4.78, 5) is 22.0. The topological polar surface area (TPSA) is 90.5 Å². The number of fused-ring (bicyclic) bond motifs is 1. The van der Waals surface area contributed by atoms with Gasteiger partial charge in [0.25, 0.3) is 5.91 Å². The molecule has 1 saturated carbocycles. The number of carbonyl (C=O) groups excluding carboxylic acids is 1. The molecule has 0 unspecified atom stereocenters. The third-order valence-electron chi connectivity index (χ3n) is 6.24. The van der Waals surface area contributed by atoms with Gasteiger partial charge in [0.2, 0.25) is 0 Å². The Balaban J connectivity index is 1.28. The molecule has 33 heavy (non-hydrogen) atoms. The van der Waals surface area contributed by atoms with Crippen molar-refractivity contribution >= 4 is 11.7 Å². The van der Waals surface area contributed by atoms with E-state index >= 15 is 0 Å². The van der Waals surface area contributed by atoms with Gasteiger partial charge in [-0.3, -0.25) is 4.79 Å². The van der Waals surface area contributed by atoms with Gasteiger partial charge in [-0.1, -0.05) is 6.07 Å². The summed E-state index contributed by atoms with van der Waals surface area (Å²) in [5.74, 6) is 1.32. The molecule has 0 bridgehead atoms. The number of aromatic nitrogens is 6. The maximum absolute atomic E-state index is 14.8. The summed E-state index contributed by atoms with van der Waals surface area (Å²) in [5.41, 5.74) is 3.05. The molecule has 1 aliphatic carbocycles. The summed E-state index contributed by atoms with van der Waals surface area (Å²) >= 11 is 0. The van der Waals surface area contributed by atoms with Crippen LogP contribution in [0.5, 0.6) is 0 Å². The van der Waals surface area contributed by atoms with Crippen LogP contribution >= 0.6 is 0 Å². The van der Waals surface area contributed by atoms with Crippen molar-refractivity contribution < 1.29 is 9.18 Å². The zero-order valence-corrected chi connectivity index (χ0v) is 18.1. The van der Waals surface area contributed by atoms with Gasteiger partial charge < -0.3 is 14.5 Å². The lowest BCUT2D eigenvalue weighted by Crippen LogP contribution is -2.16. The van der Waals surface area contributed by atoms with Crippen molar-refractivity contribution in [3.63, 3.8) is 0 Å². The van der Waals surface area contributed by atoms with E-state index in [1.54, 1.807) is 24.5 Å². The Morgan fingerprint density at radius 2 is 2.09 bits per heavy atom. The number of aryl methyl sites for hydroxylation is 2. The van der Waals surface area contributed by atoms with Crippen LogP contribution in [0.25, 0.3) is 17.2 Å². The lowest BCUT2D eigenvalue weighted by Gasteiger charge is -2.12. The molecule has 0 atom stereocenters. The minimum Gasteiger partial charge on any atom is -0.310 e. The van der Waals surface area contributed by atoms with Gasteiger partial charge in [0.1, 0.15) is 23.2 Å². The Morgan fingerprint density at radius 3 is 2.94 bits per heavy atom. The maximum Gasteiger partial charge on any atom is 0.259 e. The number of hydrogen-bond acceptors (Lipinski definition) is 5. The molecular formula is C24H22FN7O. The van der Waals surface area contributed by atoms with Gasteiger partial charge in [0.05, 0.1) is 23.3 Å². The summed E-state index contributed by atoms with van der Waals surface area (Å²) in [7, 11) is 0. The summed E-state index contributed by atoms with van der Waals surface area (Å²) in [6.07, 6.45) is 7.91. The third-order valence-corrected chi connectivity index (χ3v) is 6.24. The van der Waals surface area contributed by atoms with E-state index in [1.165, 1.54) is 6.07 Å². The monoisotopic (exact) mass is 443 g/mol. The smallest absolute Gasteiger partial charge is 0.259 e. The minimum absolute atomic E-state index is 0.0483. The van der Waals surface area contributed by atoms with Crippen molar-refractivity contribution in [3.8, 4) is 17.2 Å². The SMILES string of the molecule is Cc1cc(F)c(C(=O)Nc2cccc(-c3nnc4n3CCC4)n2)cc1-n1cnc(C2CC2)c1. The number of rotatable bonds is 5. The average molecular weight is 443 g/mol. The van der Waals surface area contributed by atoms with Crippen molar-refractivity contribution in [1.29, 1.82) is 0 Å². The predicted molar refractivity (Wildman–Crippen MR) is 120 cm³/mol. The van der Waals surface area contributed by atoms with E-state index in [-0.39, 0.29) is 5.56 Å². The molecule has 0 radical (unpaired) electrons. The van der Waals surface area contributed by atoms with Crippen LogP contribution in [0, 0.1) is 12.7 Å². The molecule has 2 aliphatic rings. The second kappa shape index (κ2) is 7.61. The Bertz CT molecular complexity index is 1390. The van der Waals surface area contributed by atoms with E-state index in [0.717, 1.165) is 55.0 Å². The quantitative estimate of drug-likeness (QED) is 0.503. The highest BCUT2D eigenvalue weighted by Gasteiger charge is 2.26. The molecule has 1 aromatic carbocycles. The number of amides is 1. The Hall–Kier alpha value is -3.88. The van der Waals surface area contributed by atoms with Gasteiger partial charge in [0, 0.05) is 25.1 Å². The molecule has 1 N–H and O–H groups in total. The number of nitrogens with one attached hydrogen (secondary N) is 1. The number of nitrogens with zero attached hydrogens (tertiary/aromatic N) is 6. The first kappa shape index (κ1) is 19.8. The molecular weight excluding hydrogens is 421 g/mol. The maximum atomic E-state index is 14.8. The highest BCUT2D eigenvalue weighted by molar-refractivity contribution is 6.04. The Kier molecular flexibility index (Phi) is 4.56. The zero-order valence-electron chi connectivity index (χ0n) is 18.1. The van der Waals surface area contributed by atoms with Gasteiger partial charge in [-0.25, -0.2) is 14.4 Å². The normalized spacial score (nSPS) is 15.0. The van der Waals surface area contributed by atoms with E-state index in [9.17, 15) is 9.18 Å². The van der Waals surface area contributed by atoms with Crippen molar-refractivity contribution in [3.05, 3.63) is 71.3 Å². The van der Waals surface area contributed by atoms with E-state index in [2.05, 4.69) is 25.5 Å². The fraction of sp³-hybridized carbons (Fsp3) is 0.292. The summed E-state index contributed by atoms with van der Waals surface area (Å²) in [5, 5.41) is 11.2. The second-order valence-corrected chi connectivity index (χ2v) is 8.66. The highest BCUT2D eigenvalue weighted by Crippen LogP contribution is 2.39. The van der Waals surface area contributed by atoms with E-state index < -0.39 is 11.7 Å². The van der Waals surface area contributed by atoms with Crippen LogP contribution in [-0.4, -0.2) is 35.2 Å². The van der Waals surface area contributed by atoms with Crippen LogP contribution in [-0.2, 0) is 13.0 Å². The van der Waals surface area contributed by atoms with E-state index in [0.29, 0.717) is 23.3 Å². The first-order valence-corrected chi connectivity index (χ1v) is 11.1. The molecule has 3 aromatic heterocycles. The molecule has 4 aromatic rings. The Morgan fingerprint density at radius 1 is 1.21 bits per heavy atom. The van der Waals surface area contributed by atoms with Crippen LogP contribution in [0.2, 0.25) is 0 Å². The first-order chi connectivity index (χ1) is 16.1. The molecule has 1 fully saturated rings. The zero-order chi connectivity index (χ0) is 22.5. The number of carbonyl (C=O) groups is 1.